The van der Waals surface area contributed by atoms with Crippen molar-refractivity contribution in [2.24, 2.45) is 5.92 Å². The van der Waals surface area contributed by atoms with Gasteiger partial charge in [-0.05, 0) is 65.3 Å². The molecule has 3 aliphatic rings. The first kappa shape index (κ1) is 17.4. The van der Waals surface area contributed by atoms with Crippen LogP contribution in [0.3, 0.4) is 0 Å². The van der Waals surface area contributed by atoms with Crippen LogP contribution in [0, 0.1) is 31.4 Å². The molecule has 0 N–H and O–H groups in total. The summed E-state index contributed by atoms with van der Waals surface area (Å²) in [6, 6.07) is 14.8. The lowest BCUT2D eigenvalue weighted by Crippen LogP contribution is -2.48. The van der Waals surface area contributed by atoms with Crippen molar-refractivity contribution >= 4 is 0 Å². The first-order valence-electron chi connectivity index (χ1n) is 9.75. The van der Waals surface area contributed by atoms with Gasteiger partial charge in [-0.2, -0.15) is 0 Å². The molecule has 6 rings (SSSR count). The van der Waals surface area contributed by atoms with Gasteiger partial charge in [-0.15, -0.1) is 6.58 Å². The smallest absolute Gasteiger partial charge is 0.127 e. The average molecular weight is 372 g/mol. The Balaban J connectivity index is 2.11. The number of benzene rings is 3. The zero-order chi connectivity index (χ0) is 19.8. The minimum absolute atomic E-state index is 0.148. The van der Waals surface area contributed by atoms with Gasteiger partial charge in [-0.25, -0.2) is 8.78 Å². The maximum Gasteiger partial charge on any atom is 0.127 e. The molecule has 0 aromatic heterocycles. The van der Waals surface area contributed by atoms with E-state index in [-0.39, 0.29) is 23.5 Å². The van der Waals surface area contributed by atoms with Crippen molar-refractivity contribution in [3.63, 3.8) is 0 Å². The van der Waals surface area contributed by atoms with E-state index in [1.807, 2.05) is 25.1 Å². The molecular weight excluding hydrogens is 350 g/mol. The van der Waals surface area contributed by atoms with Crippen molar-refractivity contribution in [3.8, 4) is 0 Å². The van der Waals surface area contributed by atoms with E-state index in [2.05, 4.69) is 32.6 Å². The standard InChI is InChI=1S/C26H22F2/c1-5-16(4)26-23-15(3)13-12-14(2)21(23)22(17-8-6-10-19(27)24(17)26)18-9-7-11-20(28)25(18)26/h5-13,16,22H,1H2,2-4H3/t16-,22?,26?/m1/s1. The highest BCUT2D eigenvalue weighted by atomic mass is 19.1. The minimum atomic E-state index is -0.913. The Labute approximate surface area is 164 Å². The third-order valence-corrected chi connectivity index (χ3v) is 6.89. The van der Waals surface area contributed by atoms with E-state index in [0.717, 1.165) is 27.8 Å². The van der Waals surface area contributed by atoms with E-state index in [0.29, 0.717) is 11.1 Å². The van der Waals surface area contributed by atoms with Crippen LogP contribution < -0.4 is 0 Å². The molecule has 140 valence electrons. The molecule has 0 spiro atoms. The van der Waals surface area contributed by atoms with Gasteiger partial charge in [0.1, 0.15) is 11.6 Å². The Bertz CT molecular complexity index is 1100. The average Bonchev–Trinajstić information content (AvgIpc) is 2.69. The molecule has 0 nitrogen and oxygen atoms in total. The quantitative estimate of drug-likeness (QED) is 0.448. The van der Waals surface area contributed by atoms with Gasteiger partial charge in [0.15, 0.2) is 0 Å². The van der Waals surface area contributed by atoms with Crippen LogP contribution in [-0.4, -0.2) is 0 Å². The van der Waals surface area contributed by atoms with E-state index >= 15 is 8.78 Å². The fourth-order valence-corrected chi connectivity index (χ4v) is 5.84. The summed E-state index contributed by atoms with van der Waals surface area (Å²) in [5, 5.41) is 0. The van der Waals surface area contributed by atoms with Crippen molar-refractivity contribution in [1.29, 1.82) is 0 Å². The van der Waals surface area contributed by atoms with E-state index < -0.39 is 5.41 Å². The molecule has 0 radical (unpaired) electrons. The summed E-state index contributed by atoms with van der Waals surface area (Å²) in [4.78, 5) is 0. The number of halogens is 2. The normalized spacial score (nSPS) is 22.2. The monoisotopic (exact) mass is 372 g/mol. The zero-order valence-corrected chi connectivity index (χ0v) is 16.3. The summed E-state index contributed by atoms with van der Waals surface area (Å²) in [6.07, 6.45) is 1.84. The molecule has 0 saturated carbocycles. The molecule has 0 aliphatic heterocycles. The molecule has 3 aromatic carbocycles. The lowest BCUT2D eigenvalue weighted by Gasteiger charge is -2.54. The van der Waals surface area contributed by atoms with Gasteiger partial charge in [-0.3, -0.25) is 0 Å². The van der Waals surface area contributed by atoms with Gasteiger partial charge < -0.3 is 0 Å². The molecule has 1 atom stereocenters. The summed E-state index contributed by atoms with van der Waals surface area (Å²) in [5.41, 5.74) is 6.71. The Morgan fingerprint density at radius 3 is 1.93 bits per heavy atom. The van der Waals surface area contributed by atoms with Crippen LogP contribution in [0.25, 0.3) is 0 Å². The maximum absolute atomic E-state index is 15.5. The van der Waals surface area contributed by atoms with Crippen molar-refractivity contribution in [1.82, 2.24) is 0 Å². The number of allylic oxidation sites excluding steroid dienone is 1. The third kappa shape index (κ3) is 1.79. The van der Waals surface area contributed by atoms with Crippen LogP contribution in [0.15, 0.2) is 61.2 Å². The van der Waals surface area contributed by atoms with E-state index in [1.165, 1.54) is 17.7 Å². The minimum Gasteiger partial charge on any atom is -0.207 e. The molecule has 0 amide bonds. The number of aryl methyl sites for hydroxylation is 2. The van der Waals surface area contributed by atoms with E-state index in [4.69, 9.17) is 0 Å². The van der Waals surface area contributed by atoms with Gasteiger partial charge in [0, 0.05) is 17.0 Å². The highest BCUT2D eigenvalue weighted by Crippen LogP contribution is 2.64. The molecule has 28 heavy (non-hydrogen) atoms. The predicted octanol–water partition coefficient (Wildman–Crippen LogP) is 6.55. The number of hydrogen-bond donors (Lipinski definition) is 0. The largest absolute Gasteiger partial charge is 0.207 e. The van der Waals surface area contributed by atoms with Gasteiger partial charge in [0.2, 0.25) is 0 Å². The third-order valence-electron chi connectivity index (χ3n) is 6.89. The molecule has 0 unspecified atom stereocenters. The summed E-state index contributed by atoms with van der Waals surface area (Å²) in [5.74, 6) is -0.863. The van der Waals surface area contributed by atoms with Crippen LogP contribution in [0.1, 0.15) is 57.3 Å². The summed E-state index contributed by atoms with van der Waals surface area (Å²) < 4.78 is 30.9. The molecule has 2 bridgehead atoms. The fraction of sp³-hybridized carbons (Fsp3) is 0.231. The summed E-state index contributed by atoms with van der Waals surface area (Å²) in [7, 11) is 0. The fourth-order valence-electron chi connectivity index (χ4n) is 5.84. The van der Waals surface area contributed by atoms with E-state index in [9.17, 15) is 0 Å². The highest BCUT2D eigenvalue weighted by molar-refractivity contribution is 5.75. The lowest BCUT2D eigenvalue weighted by molar-refractivity contribution is 0.394. The molecule has 3 aromatic rings. The van der Waals surface area contributed by atoms with Crippen molar-refractivity contribution in [2.75, 3.05) is 0 Å². The second-order valence-electron chi connectivity index (χ2n) is 8.16. The Kier molecular flexibility index (Phi) is 3.49. The van der Waals surface area contributed by atoms with Crippen LogP contribution in [0.5, 0.6) is 0 Å². The van der Waals surface area contributed by atoms with Gasteiger partial charge >= 0.3 is 0 Å². The maximum atomic E-state index is 15.5. The van der Waals surface area contributed by atoms with Crippen molar-refractivity contribution in [2.45, 2.75) is 32.1 Å². The Hall–Kier alpha value is -2.74. The van der Waals surface area contributed by atoms with Gasteiger partial charge in [0.05, 0.1) is 5.41 Å². The van der Waals surface area contributed by atoms with Crippen LogP contribution in [-0.2, 0) is 5.41 Å². The Morgan fingerprint density at radius 1 is 0.857 bits per heavy atom. The number of rotatable bonds is 2. The first-order chi connectivity index (χ1) is 13.4. The highest BCUT2D eigenvalue weighted by Gasteiger charge is 2.57. The van der Waals surface area contributed by atoms with Gasteiger partial charge in [0.25, 0.3) is 0 Å². The van der Waals surface area contributed by atoms with Gasteiger partial charge in [-0.1, -0.05) is 49.4 Å². The number of hydrogen-bond acceptors (Lipinski definition) is 0. The van der Waals surface area contributed by atoms with Crippen molar-refractivity contribution in [3.05, 3.63) is 117 Å². The molecule has 0 saturated heterocycles. The van der Waals surface area contributed by atoms with Crippen LogP contribution >= 0.6 is 0 Å². The predicted molar refractivity (Wildman–Crippen MR) is 109 cm³/mol. The SMILES string of the molecule is C=C[C@@H](C)C12c3c(F)cccc3C(c3cccc(F)c31)c1c(C)ccc(C)c12. The molecular formula is C26H22F2. The summed E-state index contributed by atoms with van der Waals surface area (Å²) >= 11 is 0. The van der Waals surface area contributed by atoms with Crippen LogP contribution in [0.4, 0.5) is 8.78 Å². The second kappa shape index (κ2) is 5.64. The molecule has 0 fully saturated rings. The second-order valence-corrected chi connectivity index (χ2v) is 8.16. The lowest BCUT2D eigenvalue weighted by atomic mass is 9.48. The van der Waals surface area contributed by atoms with E-state index in [1.54, 1.807) is 12.1 Å². The molecule has 2 heteroatoms. The summed E-state index contributed by atoms with van der Waals surface area (Å²) in [6.45, 7) is 10.2. The molecule has 3 aliphatic carbocycles. The van der Waals surface area contributed by atoms with Crippen LogP contribution in [0.2, 0.25) is 0 Å². The van der Waals surface area contributed by atoms with Crippen molar-refractivity contribution < 1.29 is 8.78 Å². The molecule has 0 heterocycles. The topological polar surface area (TPSA) is 0 Å². The Morgan fingerprint density at radius 2 is 1.39 bits per heavy atom. The first-order valence-corrected chi connectivity index (χ1v) is 9.75. The zero-order valence-electron chi connectivity index (χ0n) is 16.3.